The predicted molar refractivity (Wildman–Crippen MR) is 92.7 cm³/mol. The Hall–Kier alpha value is -1.74. The second kappa shape index (κ2) is 6.87. The maximum absolute atomic E-state index is 12.4. The van der Waals surface area contributed by atoms with E-state index >= 15 is 0 Å². The van der Waals surface area contributed by atoms with E-state index in [1.165, 1.54) is 10.6 Å². The van der Waals surface area contributed by atoms with Gasteiger partial charge in [-0.25, -0.2) is 13.4 Å². The average molecular weight is 368 g/mol. The smallest absolute Gasteiger partial charge is 0.254 e. The van der Waals surface area contributed by atoms with Crippen LogP contribution in [0.25, 0.3) is 0 Å². The molecule has 0 bridgehead atoms. The molecule has 0 aromatic carbocycles. The summed E-state index contributed by atoms with van der Waals surface area (Å²) in [5, 5.41) is 0. The summed E-state index contributed by atoms with van der Waals surface area (Å²) in [6.45, 7) is 3.63. The Balaban J connectivity index is 1.82. The molecule has 25 heavy (non-hydrogen) atoms. The number of amides is 1. The number of H-pyrrole nitrogens is 1. The fraction of sp³-hybridized carbons (Fsp3) is 0.688. The van der Waals surface area contributed by atoms with Crippen LogP contribution < -0.4 is 5.56 Å². The number of nitrogens with zero attached hydrogens (tertiary/aromatic N) is 3. The number of fused-ring (bicyclic) bond motifs is 1. The molecule has 1 aromatic rings. The Bertz CT molecular complexity index is 833. The van der Waals surface area contributed by atoms with E-state index in [0.29, 0.717) is 49.6 Å². The number of nitrogens with one attached hydrogen (secondary N) is 1. The molecule has 0 aliphatic carbocycles. The number of likely N-dealkylation sites (tertiary alicyclic amines) is 1. The molecule has 3 heterocycles. The van der Waals surface area contributed by atoms with Gasteiger partial charge in [0.2, 0.25) is 15.9 Å². The van der Waals surface area contributed by atoms with E-state index in [-0.39, 0.29) is 23.9 Å². The first kappa shape index (κ1) is 18.1. The standard InChI is InChI=1S/C16H24N4O4S/c1-3-4-14(21)19-7-5-11(9-19)15-17-13-10-20(25(2,23)24)8-6-12(13)16(22)18-15/h11H,3-10H2,1-2H3,(H,17,18,22)/t11-/m0/s1. The summed E-state index contributed by atoms with van der Waals surface area (Å²) in [5.41, 5.74) is 0.917. The van der Waals surface area contributed by atoms with Crippen molar-refractivity contribution in [3.05, 3.63) is 27.4 Å². The molecule has 2 aliphatic rings. The number of sulfonamides is 1. The van der Waals surface area contributed by atoms with Gasteiger partial charge in [-0.15, -0.1) is 0 Å². The van der Waals surface area contributed by atoms with Gasteiger partial charge in [-0.1, -0.05) is 6.92 Å². The Morgan fingerprint density at radius 2 is 2.12 bits per heavy atom. The van der Waals surface area contributed by atoms with Crippen LogP contribution in [0.3, 0.4) is 0 Å². The van der Waals surface area contributed by atoms with Crippen molar-refractivity contribution in [1.29, 1.82) is 0 Å². The van der Waals surface area contributed by atoms with E-state index in [1.54, 1.807) is 0 Å². The molecule has 0 spiro atoms. The first-order valence-corrected chi connectivity index (χ1v) is 10.5. The van der Waals surface area contributed by atoms with Crippen LogP contribution in [0.4, 0.5) is 0 Å². The maximum Gasteiger partial charge on any atom is 0.254 e. The van der Waals surface area contributed by atoms with Crippen LogP contribution in [0.5, 0.6) is 0 Å². The minimum absolute atomic E-state index is 0.00702. The van der Waals surface area contributed by atoms with Crippen molar-refractivity contribution in [2.24, 2.45) is 0 Å². The van der Waals surface area contributed by atoms with Crippen molar-refractivity contribution in [3.8, 4) is 0 Å². The second-order valence-corrected chi connectivity index (χ2v) is 8.78. The lowest BCUT2D eigenvalue weighted by Gasteiger charge is -2.26. The highest BCUT2D eigenvalue weighted by Gasteiger charge is 2.31. The average Bonchev–Trinajstić information content (AvgIpc) is 3.04. The van der Waals surface area contributed by atoms with Gasteiger partial charge in [0.25, 0.3) is 5.56 Å². The zero-order valence-electron chi connectivity index (χ0n) is 14.6. The normalized spacial score (nSPS) is 21.4. The third-order valence-corrected chi connectivity index (χ3v) is 6.17. The van der Waals surface area contributed by atoms with Crippen LogP contribution in [0.1, 0.15) is 49.2 Å². The van der Waals surface area contributed by atoms with E-state index in [2.05, 4.69) is 9.97 Å². The van der Waals surface area contributed by atoms with Crippen molar-refractivity contribution >= 4 is 15.9 Å². The number of carbonyl (C=O) groups is 1. The van der Waals surface area contributed by atoms with E-state index in [0.717, 1.165) is 12.8 Å². The molecule has 138 valence electrons. The van der Waals surface area contributed by atoms with Crippen molar-refractivity contribution in [3.63, 3.8) is 0 Å². The molecule has 1 amide bonds. The fourth-order valence-corrected chi connectivity index (χ4v) is 4.27. The number of carbonyl (C=O) groups excluding carboxylic acids is 1. The number of rotatable bonds is 4. The fourth-order valence-electron chi connectivity index (χ4n) is 3.49. The Morgan fingerprint density at radius 1 is 1.36 bits per heavy atom. The van der Waals surface area contributed by atoms with Crippen LogP contribution in [0.15, 0.2) is 4.79 Å². The van der Waals surface area contributed by atoms with Gasteiger partial charge < -0.3 is 9.88 Å². The molecule has 0 unspecified atom stereocenters. The van der Waals surface area contributed by atoms with Crippen molar-refractivity contribution < 1.29 is 13.2 Å². The van der Waals surface area contributed by atoms with Crippen molar-refractivity contribution in [1.82, 2.24) is 19.2 Å². The molecule has 3 rings (SSSR count). The van der Waals surface area contributed by atoms with E-state index in [1.807, 2.05) is 11.8 Å². The van der Waals surface area contributed by atoms with Gasteiger partial charge in [0.15, 0.2) is 0 Å². The zero-order valence-corrected chi connectivity index (χ0v) is 15.4. The maximum atomic E-state index is 12.4. The van der Waals surface area contributed by atoms with Crippen LogP contribution in [-0.4, -0.2) is 59.4 Å². The van der Waals surface area contributed by atoms with Crippen LogP contribution >= 0.6 is 0 Å². The highest BCUT2D eigenvalue weighted by atomic mass is 32.2. The highest BCUT2D eigenvalue weighted by molar-refractivity contribution is 7.88. The summed E-state index contributed by atoms with van der Waals surface area (Å²) in [7, 11) is -3.31. The third-order valence-electron chi connectivity index (χ3n) is 4.92. The number of aromatic amines is 1. The third kappa shape index (κ3) is 3.77. The van der Waals surface area contributed by atoms with Gasteiger partial charge in [0.05, 0.1) is 18.5 Å². The first-order valence-electron chi connectivity index (χ1n) is 8.64. The molecule has 9 heteroatoms. The molecular weight excluding hydrogens is 344 g/mol. The number of aromatic nitrogens is 2. The summed E-state index contributed by atoms with van der Waals surface area (Å²) in [6, 6.07) is 0. The van der Waals surface area contributed by atoms with Gasteiger partial charge in [-0.05, 0) is 19.3 Å². The molecule has 0 radical (unpaired) electrons. The summed E-state index contributed by atoms with van der Waals surface area (Å²) in [4.78, 5) is 33.6. The number of hydrogen-bond acceptors (Lipinski definition) is 5. The van der Waals surface area contributed by atoms with Gasteiger partial charge in [0, 0.05) is 37.5 Å². The van der Waals surface area contributed by atoms with Gasteiger partial charge >= 0.3 is 0 Å². The molecule has 2 aliphatic heterocycles. The van der Waals surface area contributed by atoms with Crippen molar-refractivity contribution in [2.45, 2.75) is 45.1 Å². The van der Waals surface area contributed by atoms with E-state index in [9.17, 15) is 18.0 Å². The van der Waals surface area contributed by atoms with Crippen LogP contribution in [0, 0.1) is 0 Å². The van der Waals surface area contributed by atoms with Gasteiger partial charge in [-0.3, -0.25) is 9.59 Å². The molecule has 1 N–H and O–H groups in total. The predicted octanol–water partition coefficient (Wildman–Crippen LogP) is 0.204. The molecular formula is C16H24N4O4S. The Kier molecular flexibility index (Phi) is 4.97. The summed E-state index contributed by atoms with van der Waals surface area (Å²) < 4.78 is 24.9. The largest absolute Gasteiger partial charge is 0.342 e. The van der Waals surface area contributed by atoms with E-state index < -0.39 is 10.0 Å². The topological polar surface area (TPSA) is 103 Å². The van der Waals surface area contributed by atoms with Gasteiger partial charge in [0.1, 0.15) is 5.82 Å². The van der Waals surface area contributed by atoms with Crippen LogP contribution in [-0.2, 0) is 27.8 Å². The molecule has 1 saturated heterocycles. The molecule has 1 fully saturated rings. The quantitative estimate of drug-likeness (QED) is 0.818. The Morgan fingerprint density at radius 3 is 2.80 bits per heavy atom. The second-order valence-electron chi connectivity index (χ2n) is 6.80. The first-order chi connectivity index (χ1) is 11.8. The minimum Gasteiger partial charge on any atom is -0.342 e. The summed E-state index contributed by atoms with van der Waals surface area (Å²) >= 11 is 0. The lowest BCUT2D eigenvalue weighted by Crippen LogP contribution is -2.39. The van der Waals surface area contributed by atoms with E-state index in [4.69, 9.17) is 0 Å². The van der Waals surface area contributed by atoms with Crippen molar-refractivity contribution in [2.75, 3.05) is 25.9 Å². The Labute approximate surface area is 147 Å². The lowest BCUT2D eigenvalue weighted by molar-refractivity contribution is -0.130. The minimum atomic E-state index is -3.31. The molecule has 0 saturated carbocycles. The molecule has 8 nitrogen and oxygen atoms in total. The zero-order chi connectivity index (χ0) is 18.2. The van der Waals surface area contributed by atoms with Gasteiger partial charge in [-0.2, -0.15) is 4.31 Å². The molecule has 1 aromatic heterocycles. The summed E-state index contributed by atoms with van der Waals surface area (Å²) in [6.07, 6.45) is 3.64. The summed E-state index contributed by atoms with van der Waals surface area (Å²) in [5.74, 6) is 0.687. The lowest BCUT2D eigenvalue weighted by atomic mass is 10.1. The van der Waals surface area contributed by atoms with Crippen LogP contribution in [0.2, 0.25) is 0 Å². The highest BCUT2D eigenvalue weighted by Crippen LogP contribution is 2.26. The molecule has 1 atom stereocenters. The monoisotopic (exact) mass is 368 g/mol. The number of hydrogen-bond donors (Lipinski definition) is 1. The SMILES string of the molecule is CCCC(=O)N1CC[C@H](c2nc3c(c(=O)[nH]2)CCN(S(C)(=O)=O)C3)C1.